The monoisotopic (exact) mass is 346 g/mol. The van der Waals surface area contributed by atoms with Crippen LogP contribution >= 0.6 is 23.5 Å². The molecule has 2 aliphatic rings. The Balaban J connectivity index is 1.69. The summed E-state index contributed by atoms with van der Waals surface area (Å²) in [5.41, 5.74) is 2.96. The van der Waals surface area contributed by atoms with Gasteiger partial charge in [0.05, 0.1) is 16.0 Å². The zero-order valence-electron chi connectivity index (χ0n) is 12.9. The van der Waals surface area contributed by atoms with Crippen molar-refractivity contribution >= 4 is 35.1 Å². The lowest BCUT2D eigenvalue weighted by atomic mass is 9.94. The van der Waals surface area contributed by atoms with Crippen molar-refractivity contribution in [2.45, 2.75) is 30.3 Å². The fraction of sp³-hybridized carbons (Fsp3) is 0.412. The third kappa shape index (κ3) is 2.58. The first-order chi connectivity index (χ1) is 11.2. The third-order valence-corrected chi connectivity index (χ3v) is 7.92. The Labute approximate surface area is 143 Å². The number of anilines is 1. The largest absolute Gasteiger partial charge is 0.455 e. The first-order valence-corrected chi connectivity index (χ1v) is 9.79. The molecule has 1 aliphatic heterocycles. The molecule has 1 aliphatic carbocycles. The van der Waals surface area contributed by atoms with Crippen LogP contribution in [0.25, 0.3) is 0 Å². The Morgan fingerprint density at radius 1 is 1.39 bits per heavy atom. The maximum absolute atomic E-state index is 12.6. The van der Waals surface area contributed by atoms with E-state index in [1.165, 1.54) is 23.5 Å². The normalized spacial score (nSPS) is 18.8. The second kappa shape index (κ2) is 5.91. The van der Waals surface area contributed by atoms with Crippen LogP contribution in [0.4, 0.5) is 5.69 Å². The molecule has 0 atom stereocenters. The molecule has 23 heavy (non-hydrogen) atoms. The van der Waals surface area contributed by atoms with Gasteiger partial charge in [-0.15, -0.1) is 23.5 Å². The van der Waals surface area contributed by atoms with Crippen molar-refractivity contribution in [1.82, 2.24) is 4.98 Å². The number of fused-ring (bicyclic) bond motifs is 2. The van der Waals surface area contributed by atoms with Crippen LogP contribution in [0.5, 0.6) is 0 Å². The third-order valence-electron chi connectivity index (χ3n) is 4.39. The first-order valence-electron chi connectivity index (χ1n) is 7.82. The lowest BCUT2D eigenvalue weighted by Crippen LogP contribution is -2.21. The van der Waals surface area contributed by atoms with Gasteiger partial charge in [-0.1, -0.05) is 0 Å². The van der Waals surface area contributed by atoms with E-state index in [2.05, 4.69) is 10.3 Å². The fourth-order valence-corrected chi connectivity index (χ4v) is 7.00. The number of hydrogen-bond acceptors (Lipinski definition) is 5. The Morgan fingerprint density at radius 2 is 2.22 bits per heavy atom. The summed E-state index contributed by atoms with van der Waals surface area (Å²) < 4.78 is 6.10. The van der Waals surface area contributed by atoms with Gasteiger partial charge in [0.25, 0.3) is 5.91 Å². The summed E-state index contributed by atoms with van der Waals surface area (Å²) in [6, 6.07) is 3.63. The topological polar surface area (TPSA) is 55.1 Å². The molecule has 1 fully saturated rings. The summed E-state index contributed by atoms with van der Waals surface area (Å²) in [6.07, 6.45) is 6.55. The average Bonchev–Trinajstić information content (AvgIpc) is 3.15. The van der Waals surface area contributed by atoms with Gasteiger partial charge < -0.3 is 9.73 Å². The van der Waals surface area contributed by atoms with Gasteiger partial charge in [-0.05, 0) is 31.9 Å². The SMILES string of the molecule is Cc1c(C(=O)Nc2cccnc2)oc2c1C1(CCC2)SCCS1. The summed E-state index contributed by atoms with van der Waals surface area (Å²) >= 11 is 4.03. The van der Waals surface area contributed by atoms with Crippen molar-refractivity contribution in [3.8, 4) is 0 Å². The number of nitrogens with one attached hydrogen (secondary N) is 1. The fourth-order valence-electron chi connectivity index (χ4n) is 3.44. The van der Waals surface area contributed by atoms with Crippen molar-refractivity contribution in [3.63, 3.8) is 0 Å². The number of rotatable bonds is 2. The number of pyridine rings is 1. The molecule has 3 heterocycles. The highest BCUT2D eigenvalue weighted by atomic mass is 32.2. The van der Waals surface area contributed by atoms with Gasteiger partial charge in [-0.3, -0.25) is 9.78 Å². The Kier molecular flexibility index (Phi) is 3.89. The molecular formula is C17H18N2O2S2. The van der Waals surface area contributed by atoms with Crippen molar-refractivity contribution in [2.75, 3.05) is 16.8 Å². The number of nitrogens with zero attached hydrogens (tertiary/aromatic N) is 1. The van der Waals surface area contributed by atoms with E-state index in [1.54, 1.807) is 18.5 Å². The standard InChI is InChI=1S/C17H18N2O2S2/c1-11-14-13(5-2-6-17(14)22-8-9-23-17)21-15(11)16(20)19-12-4-3-7-18-10-12/h3-4,7,10H,2,5-6,8-9H2,1H3,(H,19,20). The summed E-state index contributed by atoms with van der Waals surface area (Å²) in [7, 11) is 0. The molecule has 6 heteroatoms. The number of carbonyl (C=O) groups is 1. The Hall–Kier alpha value is -1.40. The van der Waals surface area contributed by atoms with Gasteiger partial charge in [-0.2, -0.15) is 0 Å². The van der Waals surface area contributed by atoms with Crippen LogP contribution in [-0.2, 0) is 10.5 Å². The zero-order chi connectivity index (χ0) is 15.9. The molecular weight excluding hydrogens is 328 g/mol. The van der Waals surface area contributed by atoms with E-state index < -0.39 is 0 Å². The average molecular weight is 346 g/mol. The Bertz CT molecular complexity index is 737. The Morgan fingerprint density at radius 3 is 2.96 bits per heavy atom. The molecule has 0 saturated carbocycles. The predicted octanol–water partition coefficient (Wildman–Crippen LogP) is 4.20. The zero-order valence-corrected chi connectivity index (χ0v) is 14.6. The molecule has 4 rings (SSSR count). The van der Waals surface area contributed by atoms with E-state index in [9.17, 15) is 4.79 Å². The quantitative estimate of drug-likeness (QED) is 0.883. The maximum atomic E-state index is 12.6. The molecule has 1 spiro atoms. The number of carbonyl (C=O) groups excluding carboxylic acids is 1. The summed E-state index contributed by atoms with van der Waals surface area (Å²) in [6.45, 7) is 2.02. The van der Waals surface area contributed by atoms with E-state index in [0.29, 0.717) is 11.4 Å². The van der Waals surface area contributed by atoms with E-state index in [1.807, 2.05) is 36.5 Å². The van der Waals surface area contributed by atoms with Crippen LogP contribution < -0.4 is 5.32 Å². The molecule has 1 N–H and O–H groups in total. The molecule has 1 amide bonds. The van der Waals surface area contributed by atoms with Crippen LogP contribution in [0.3, 0.4) is 0 Å². The summed E-state index contributed by atoms with van der Waals surface area (Å²) in [4.78, 5) is 16.6. The highest BCUT2D eigenvalue weighted by molar-refractivity contribution is 8.20. The van der Waals surface area contributed by atoms with Crippen molar-refractivity contribution < 1.29 is 9.21 Å². The molecule has 2 aromatic heterocycles. The number of aryl methyl sites for hydroxylation is 1. The summed E-state index contributed by atoms with van der Waals surface area (Å²) in [5.74, 6) is 3.62. The number of amides is 1. The predicted molar refractivity (Wildman–Crippen MR) is 95.2 cm³/mol. The first kappa shape index (κ1) is 15.1. The second-order valence-corrected chi connectivity index (χ2v) is 8.90. The molecule has 1 saturated heterocycles. The van der Waals surface area contributed by atoms with Crippen LogP contribution in [0, 0.1) is 6.92 Å². The molecule has 120 valence electrons. The van der Waals surface area contributed by atoms with E-state index >= 15 is 0 Å². The van der Waals surface area contributed by atoms with Crippen LogP contribution in [-0.4, -0.2) is 22.4 Å². The highest BCUT2D eigenvalue weighted by Gasteiger charge is 2.45. The molecule has 0 unspecified atom stereocenters. The minimum Gasteiger partial charge on any atom is -0.455 e. The number of hydrogen-bond donors (Lipinski definition) is 1. The van der Waals surface area contributed by atoms with Crippen molar-refractivity contribution in [1.29, 1.82) is 0 Å². The molecule has 4 nitrogen and oxygen atoms in total. The molecule has 0 bridgehead atoms. The van der Waals surface area contributed by atoms with E-state index in [4.69, 9.17) is 4.42 Å². The lowest BCUT2D eigenvalue weighted by molar-refractivity contribution is 0.0994. The maximum Gasteiger partial charge on any atom is 0.291 e. The smallest absolute Gasteiger partial charge is 0.291 e. The molecule has 0 aromatic carbocycles. The van der Waals surface area contributed by atoms with Crippen LogP contribution in [0.15, 0.2) is 28.9 Å². The summed E-state index contributed by atoms with van der Waals surface area (Å²) in [5, 5.41) is 2.88. The van der Waals surface area contributed by atoms with Gasteiger partial charge >= 0.3 is 0 Å². The van der Waals surface area contributed by atoms with Crippen LogP contribution in [0.2, 0.25) is 0 Å². The van der Waals surface area contributed by atoms with E-state index in [0.717, 1.165) is 24.2 Å². The number of thioether (sulfide) groups is 2. The second-order valence-electron chi connectivity index (χ2n) is 5.85. The molecule has 2 aromatic rings. The highest BCUT2D eigenvalue weighted by Crippen LogP contribution is 2.59. The number of furan rings is 1. The molecule has 0 radical (unpaired) electrons. The van der Waals surface area contributed by atoms with Gasteiger partial charge in [0.15, 0.2) is 5.76 Å². The minimum atomic E-state index is -0.187. The van der Waals surface area contributed by atoms with E-state index in [-0.39, 0.29) is 9.99 Å². The number of aromatic nitrogens is 1. The lowest BCUT2D eigenvalue weighted by Gasteiger charge is -2.31. The van der Waals surface area contributed by atoms with Crippen LogP contribution in [0.1, 0.15) is 40.3 Å². The van der Waals surface area contributed by atoms with Gasteiger partial charge in [0.1, 0.15) is 5.76 Å². The van der Waals surface area contributed by atoms with Gasteiger partial charge in [0, 0.05) is 35.3 Å². The van der Waals surface area contributed by atoms with Gasteiger partial charge in [0.2, 0.25) is 0 Å². The van der Waals surface area contributed by atoms with Gasteiger partial charge in [-0.25, -0.2) is 0 Å². The van der Waals surface area contributed by atoms with Crippen molar-refractivity contribution in [2.24, 2.45) is 0 Å². The van der Waals surface area contributed by atoms with Crippen molar-refractivity contribution in [3.05, 3.63) is 47.2 Å². The minimum absolute atomic E-state index is 0.105.